The van der Waals surface area contributed by atoms with E-state index in [1.807, 2.05) is 0 Å². The zero-order valence-corrected chi connectivity index (χ0v) is 60.6. The fourth-order valence-electron chi connectivity index (χ4n) is 12.7. The first-order valence-corrected chi connectivity index (χ1v) is 41.5. The van der Waals surface area contributed by atoms with Crippen LogP contribution in [0.1, 0.15) is 450 Å². The Morgan fingerprint density at radius 1 is 0.292 bits per heavy atom. The van der Waals surface area contributed by atoms with Gasteiger partial charge in [-0.25, -0.2) is 4.57 Å². The maximum Gasteiger partial charge on any atom is 0.472 e. The fraction of sp³-hybridized carbons (Fsp3) is 0.974. The molecule has 0 spiro atoms. The summed E-state index contributed by atoms with van der Waals surface area (Å²) in [4.78, 5) is 35.6. The van der Waals surface area contributed by atoms with E-state index in [9.17, 15) is 24.2 Å². The largest absolute Gasteiger partial charge is 0.472 e. The molecule has 0 bridgehead atoms. The summed E-state index contributed by atoms with van der Waals surface area (Å²) in [7, 11) is -4.63. The molecule has 0 radical (unpaired) electrons. The number of carbonyl (C=O) groups excluding carboxylic acids is 2. The predicted octanol–water partition coefficient (Wildman–Crippen LogP) is 25.5. The topological polar surface area (TPSA) is 149 Å². The van der Waals surface area contributed by atoms with Crippen molar-refractivity contribution in [2.75, 3.05) is 26.4 Å². The summed E-state index contributed by atoms with van der Waals surface area (Å²) in [6.07, 6.45) is 87.4. The van der Waals surface area contributed by atoms with E-state index in [0.29, 0.717) is 12.8 Å². The molecule has 11 heteroatoms. The van der Waals surface area contributed by atoms with Crippen LogP contribution in [0.4, 0.5) is 0 Å². The van der Waals surface area contributed by atoms with Gasteiger partial charge < -0.3 is 24.6 Å². The molecule has 3 N–H and O–H groups in total. The van der Waals surface area contributed by atoms with Gasteiger partial charge in [0.15, 0.2) is 6.10 Å². The number of hydrogen-bond donors (Lipinski definition) is 3. The van der Waals surface area contributed by atoms with Crippen molar-refractivity contribution in [2.24, 2.45) is 0 Å². The van der Waals surface area contributed by atoms with E-state index in [2.05, 4.69) is 13.8 Å². The summed E-state index contributed by atoms with van der Waals surface area (Å²) >= 11 is 0. The van der Waals surface area contributed by atoms with Crippen LogP contribution in [0, 0.1) is 0 Å². The Labute approximate surface area is 554 Å². The number of aliphatic hydroxyl groups is 2. The number of phosphoric ester groups is 1. The van der Waals surface area contributed by atoms with E-state index in [-0.39, 0.29) is 19.4 Å². The summed E-state index contributed by atoms with van der Waals surface area (Å²) in [6.45, 7) is 2.52. The van der Waals surface area contributed by atoms with Crippen LogP contribution in [0.25, 0.3) is 0 Å². The van der Waals surface area contributed by atoms with Crippen molar-refractivity contribution in [3.8, 4) is 0 Å². The predicted molar refractivity (Wildman–Crippen MR) is 381 cm³/mol. The van der Waals surface area contributed by atoms with Crippen LogP contribution in [-0.2, 0) is 32.7 Å². The zero-order valence-electron chi connectivity index (χ0n) is 59.7. The Hall–Kier alpha value is -1.03. The highest BCUT2D eigenvalue weighted by Gasteiger charge is 2.27. The average molecular weight is 1280 g/mol. The van der Waals surface area contributed by atoms with Gasteiger partial charge in [0, 0.05) is 12.8 Å². The van der Waals surface area contributed by atoms with Gasteiger partial charge in [-0.1, -0.05) is 425 Å². The average Bonchev–Trinajstić information content (AvgIpc) is 3.63. The zero-order chi connectivity index (χ0) is 64.5. The number of rotatable bonds is 78. The summed E-state index contributed by atoms with van der Waals surface area (Å²) in [5.41, 5.74) is 0. The quantitative estimate of drug-likeness (QED) is 0.0305. The van der Waals surface area contributed by atoms with E-state index in [4.69, 9.17) is 23.6 Å². The SMILES string of the molecule is CCCCCCCCCCCCCCCCCCCCCCCCCCCCCCCCCCCC(=O)OC[C@H](COP(=O)(O)OC[C@@H](O)CO)OC(=O)CCCCCCCCCCCCCCCCCCCCCCCCCCCCCCCCCCC. The second kappa shape index (κ2) is 74.4. The number of hydrogen-bond acceptors (Lipinski definition) is 9. The van der Waals surface area contributed by atoms with Crippen molar-refractivity contribution in [2.45, 2.75) is 463 Å². The molecule has 0 fully saturated rings. The molecule has 0 aliphatic carbocycles. The maximum absolute atomic E-state index is 12.8. The Balaban J connectivity index is 3.83. The van der Waals surface area contributed by atoms with E-state index in [1.54, 1.807) is 0 Å². The molecule has 0 saturated carbocycles. The molecule has 0 aliphatic rings. The van der Waals surface area contributed by atoms with Crippen LogP contribution in [0.5, 0.6) is 0 Å². The van der Waals surface area contributed by atoms with Gasteiger partial charge in [0.25, 0.3) is 0 Å². The van der Waals surface area contributed by atoms with Gasteiger partial charge in [0.2, 0.25) is 0 Å². The summed E-state index contributed by atoms with van der Waals surface area (Å²) in [5.74, 6) is -0.890. The number of ether oxygens (including phenoxy) is 2. The number of unbranched alkanes of at least 4 members (excludes halogenated alkanes) is 64. The van der Waals surface area contributed by atoms with E-state index in [0.717, 1.165) is 32.1 Å². The smallest absolute Gasteiger partial charge is 0.462 e. The molecule has 10 nitrogen and oxygen atoms in total. The highest BCUT2D eigenvalue weighted by molar-refractivity contribution is 7.47. The summed E-state index contributed by atoms with van der Waals surface area (Å²) < 4.78 is 33.2. The molecule has 89 heavy (non-hydrogen) atoms. The van der Waals surface area contributed by atoms with Gasteiger partial charge in [-0.05, 0) is 12.8 Å². The van der Waals surface area contributed by atoms with Gasteiger partial charge in [-0.3, -0.25) is 18.6 Å². The van der Waals surface area contributed by atoms with Crippen LogP contribution >= 0.6 is 7.82 Å². The lowest BCUT2D eigenvalue weighted by atomic mass is 10.0. The van der Waals surface area contributed by atoms with Crippen molar-refractivity contribution in [1.82, 2.24) is 0 Å². The van der Waals surface area contributed by atoms with Gasteiger partial charge in [-0.2, -0.15) is 0 Å². The first-order chi connectivity index (χ1) is 43.7. The molecule has 0 amide bonds. The third-order valence-corrected chi connectivity index (χ3v) is 19.7. The number of phosphoric acid groups is 1. The van der Waals surface area contributed by atoms with Crippen LogP contribution in [-0.4, -0.2) is 65.7 Å². The minimum absolute atomic E-state index is 0.194. The molecule has 1 unspecified atom stereocenters. The molecule has 0 heterocycles. The Morgan fingerprint density at radius 2 is 0.483 bits per heavy atom. The molecule has 3 atom stereocenters. The number of aliphatic hydroxyl groups excluding tert-OH is 2. The van der Waals surface area contributed by atoms with Crippen molar-refractivity contribution < 1.29 is 47.8 Å². The summed E-state index contributed by atoms with van der Waals surface area (Å²) in [6, 6.07) is 0. The lowest BCUT2D eigenvalue weighted by molar-refractivity contribution is -0.161. The number of carbonyl (C=O) groups is 2. The second-order valence-electron chi connectivity index (χ2n) is 27.8. The van der Waals surface area contributed by atoms with Crippen LogP contribution in [0.15, 0.2) is 0 Å². The normalized spacial score (nSPS) is 13.1. The van der Waals surface area contributed by atoms with Crippen LogP contribution < -0.4 is 0 Å². The molecule has 532 valence electrons. The molecule has 0 aromatic rings. The van der Waals surface area contributed by atoms with Crippen LogP contribution in [0.2, 0.25) is 0 Å². The van der Waals surface area contributed by atoms with Crippen molar-refractivity contribution in [3.63, 3.8) is 0 Å². The molecular weight excluding hydrogens is 1130 g/mol. The molecule has 0 saturated heterocycles. The molecule has 0 aromatic heterocycles. The fourth-order valence-corrected chi connectivity index (χ4v) is 13.5. The molecule has 0 rings (SSSR count). The lowest BCUT2D eigenvalue weighted by Crippen LogP contribution is -2.29. The van der Waals surface area contributed by atoms with Gasteiger partial charge in [0.1, 0.15) is 12.7 Å². The van der Waals surface area contributed by atoms with Gasteiger partial charge in [0.05, 0.1) is 19.8 Å². The van der Waals surface area contributed by atoms with Gasteiger partial charge in [-0.15, -0.1) is 0 Å². The second-order valence-corrected chi connectivity index (χ2v) is 29.3. The van der Waals surface area contributed by atoms with Crippen molar-refractivity contribution in [3.05, 3.63) is 0 Å². The third kappa shape index (κ3) is 74.2. The summed E-state index contributed by atoms with van der Waals surface area (Å²) in [5, 5.41) is 18.6. The third-order valence-electron chi connectivity index (χ3n) is 18.8. The van der Waals surface area contributed by atoms with Gasteiger partial charge >= 0.3 is 19.8 Å². The standard InChI is InChI=1S/C78H155O10P/c1-3-5-7-9-11-13-15-17-19-21-23-25-27-29-31-33-35-37-39-41-43-45-47-49-51-53-55-57-59-61-63-65-67-69-77(81)85-73-76(74-87-89(83,84)86-72-75(80)71-79)88-78(82)70-68-66-64-62-60-58-56-54-52-50-48-46-44-42-40-38-36-34-32-30-28-26-24-22-20-18-16-14-12-10-8-6-4-2/h75-76,79-80H,3-74H2,1-2H3,(H,83,84)/t75-,76+/m0/s1. The Bertz CT molecular complexity index is 1430. The first kappa shape index (κ1) is 88.0. The Kier molecular flexibility index (Phi) is 73.5. The minimum Gasteiger partial charge on any atom is -0.462 e. The number of esters is 2. The first-order valence-electron chi connectivity index (χ1n) is 40.0. The van der Waals surface area contributed by atoms with E-state index in [1.165, 1.54) is 379 Å². The highest BCUT2D eigenvalue weighted by atomic mass is 31.2. The molecular formula is C78H155O10P. The van der Waals surface area contributed by atoms with E-state index < -0.39 is 51.8 Å². The highest BCUT2D eigenvalue weighted by Crippen LogP contribution is 2.43. The van der Waals surface area contributed by atoms with Crippen molar-refractivity contribution in [1.29, 1.82) is 0 Å². The lowest BCUT2D eigenvalue weighted by Gasteiger charge is -2.20. The molecule has 0 aliphatic heterocycles. The maximum atomic E-state index is 12.8. The Morgan fingerprint density at radius 3 is 0.697 bits per heavy atom. The van der Waals surface area contributed by atoms with Crippen molar-refractivity contribution >= 4 is 19.8 Å². The van der Waals surface area contributed by atoms with E-state index >= 15 is 0 Å². The monoisotopic (exact) mass is 1280 g/mol. The minimum atomic E-state index is -4.63. The molecule has 0 aromatic carbocycles. The van der Waals surface area contributed by atoms with Crippen LogP contribution in [0.3, 0.4) is 0 Å².